The van der Waals surface area contributed by atoms with Crippen molar-refractivity contribution in [3.05, 3.63) is 65.9 Å². The van der Waals surface area contributed by atoms with E-state index in [9.17, 15) is 18.4 Å². The van der Waals surface area contributed by atoms with Crippen LogP contribution in [0.25, 0.3) is 27.9 Å². The van der Waals surface area contributed by atoms with Gasteiger partial charge >= 0.3 is 6.18 Å². The summed E-state index contributed by atoms with van der Waals surface area (Å²) in [5.41, 5.74) is 0.280. The molecule has 0 fully saturated rings. The average molecular weight is 345 g/mol. The van der Waals surface area contributed by atoms with Crippen molar-refractivity contribution in [3.63, 3.8) is 0 Å². The molecule has 25 heavy (non-hydrogen) atoms. The van der Waals surface area contributed by atoms with Gasteiger partial charge in [0.15, 0.2) is 5.76 Å². The second kappa shape index (κ2) is 5.37. The summed E-state index contributed by atoms with van der Waals surface area (Å²) in [7, 11) is 0. The Labute approximate surface area is 138 Å². The molecule has 1 aromatic carbocycles. The third kappa shape index (κ3) is 2.51. The van der Waals surface area contributed by atoms with E-state index in [2.05, 4.69) is 10.1 Å². The topological polar surface area (TPSA) is 63.0 Å². The van der Waals surface area contributed by atoms with Crippen molar-refractivity contribution >= 4 is 16.5 Å². The van der Waals surface area contributed by atoms with Gasteiger partial charge in [-0.3, -0.25) is 0 Å². The summed E-state index contributed by atoms with van der Waals surface area (Å²) in [5, 5.41) is 11.7. The maximum atomic E-state index is 13.2. The summed E-state index contributed by atoms with van der Waals surface area (Å²) >= 11 is 0. The van der Waals surface area contributed by atoms with Crippen molar-refractivity contribution in [1.82, 2.24) is 9.38 Å². The Morgan fingerprint density at radius 2 is 1.96 bits per heavy atom. The van der Waals surface area contributed by atoms with Crippen LogP contribution in [0.1, 0.15) is 5.56 Å². The van der Waals surface area contributed by atoms with Gasteiger partial charge in [0, 0.05) is 17.8 Å². The molecule has 0 aliphatic rings. The highest BCUT2D eigenvalue weighted by molar-refractivity contribution is 5.82. The lowest BCUT2D eigenvalue weighted by Gasteiger charge is -2.11. The molecule has 8 heteroatoms. The van der Waals surface area contributed by atoms with E-state index in [-0.39, 0.29) is 22.1 Å². The van der Waals surface area contributed by atoms with Crippen LogP contribution in [0.2, 0.25) is 0 Å². The van der Waals surface area contributed by atoms with Gasteiger partial charge in [0.05, 0.1) is 17.3 Å². The van der Waals surface area contributed by atoms with Gasteiger partial charge in [-0.2, -0.15) is 13.2 Å². The summed E-state index contributed by atoms with van der Waals surface area (Å²) in [4.78, 5) is 4.23. The van der Waals surface area contributed by atoms with Gasteiger partial charge in [-0.25, -0.2) is 4.98 Å². The maximum absolute atomic E-state index is 13.2. The molecule has 0 unspecified atom stereocenters. The molecule has 4 rings (SSSR count). The van der Waals surface area contributed by atoms with Crippen LogP contribution in [0.15, 0.2) is 64.6 Å². The molecule has 0 saturated carbocycles. The summed E-state index contributed by atoms with van der Waals surface area (Å²) in [6, 6.07) is 10.2. The van der Waals surface area contributed by atoms with E-state index >= 15 is 0 Å². The molecule has 0 amide bonds. The van der Waals surface area contributed by atoms with Crippen LogP contribution in [0.3, 0.4) is 0 Å². The van der Waals surface area contributed by atoms with Gasteiger partial charge in [0.2, 0.25) is 0 Å². The molecule has 3 aromatic heterocycles. The van der Waals surface area contributed by atoms with E-state index in [1.54, 1.807) is 16.8 Å². The first-order valence-electron chi connectivity index (χ1n) is 7.22. The number of benzene rings is 1. The van der Waals surface area contributed by atoms with Gasteiger partial charge in [-0.15, -0.1) is 0 Å². The number of hydrogen-bond donors (Lipinski definition) is 1. The normalized spacial score (nSPS) is 13.0. The van der Waals surface area contributed by atoms with Crippen LogP contribution < -0.4 is 5.36 Å². The van der Waals surface area contributed by atoms with Crippen LogP contribution >= 0.6 is 0 Å². The van der Waals surface area contributed by atoms with Crippen LogP contribution in [-0.2, 0) is 6.18 Å². The van der Waals surface area contributed by atoms with Gasteiger partial charge in [-0.1, -0.05) is 11.2 Å². The first kappa shape index (κ1) is 15.3. The van der Waals surface area contributed by atoms with E-state index in [1.807, 2.05) is 18.3 Å². The smallest absolute Gasteiger partial charge is 0.417 e. The molecule has 0 radical (unpaired) electrons. The summed E-state index contributed by atoms with van der Waals surface area (Å²) in [6.45, 7) is 0. The van der Waals surface area contributed by atoms with Crippen LogP contribution in [0.5, 0.6) is 0 Å². The van der Waals surface area contributed by atoms with Gasteiger partial charge < -0.3 is 14.0 Å². The summed E-state index contributed by atoms with van der Waals surface area (Å²) < 4.78 is 47.0. The highest BCUT2D eigenvalue weighted by Gasteiger charge is 2.33. The molecule has 0 aliphatic carbocycles. The fourth-order valence-electron chi connectivity index (χ4n) is 2.74. The Balaban J connectivity index is 2.01. The molecular weight excluding hydrogens is 335 g/mol. The first-order valence-corrected chi connectivity index (χ1v) is 7.22. The van der Waals surface area contributed by atoms with E-state index in [0.717, 1.165) is 11.6 Å². The second-order valence-corrected chi connectivity index (χ2v) is 5.39. The zero-order chi connectivity index (χ0) is 17.6. The molecule has 4 aromatic rings. The number of nitrogens with zero attached hydrogens (tertiary/aromatic N) is 3. The van der Waals surface area contributed by atoms with Crippen molar-refractivity contribution in [1.29, 1.82) is 0 Å². The Bertz CT molecular complexity index is 1160. The average Bonchev–Trinajstić information content (AvgIpc) is 3.07. The Morgan fingerprint density at radius 3 is 2.72 bits per heavy atom. The van der Waals surface area contributed by atoms with E-state index < -0.39 is 11.7 Å². The minimum absolute atomic E-state index is 0.0443. The molecular formula is C17H10F3N3O2. The fraction of sp³-hybridized carbons (Fsp3) is 0.0588. The number of alkyl halides is 3. The highest BCUT2D eigenvalue weighted by atomic mass is 19.4. The van der Waals surface area contributed by atoms with Crippen LogP contribution in [0.4, 0.5) is 13.2 Å². The molecule has 3 heterocycles. The van der Waals surface area contributed by atoms with E-state index in [4.69, 9.17) is 4.42 Å². The Hall–Kier alpha value is -3.29. The van der Waals surface area contributed by atoms with Gasteiger partial charge in [0.1, 0.15) is 16.6 Å². The second-order valence-electron chi connectivity index (χ2n) is 5.39. The molecule has 0 bridgehead atoms. The summed E-state index contributed by atoms with van der Waals surface area (Å²) in [6.07, 6.45) is -1.22. The maximum Gasteiger partial charge on any atom is 0.417 e. The van der Waals surface area contributed by atoms with Crippen molar-refractivity contribution in [3.8, 4) is 11.5 Å². The lowest BCUT2D eigenvalue weighted by molar-refractivity contribution is -0.136. The monoisotopic (exact) mass is 345 g/mol. The molecule has 126 valence electrons. The Morgan fingerprint density at radius 1 is 1.12 bits per heavy atom. The van der Waals surface area contributed by atoms with E-state index in [0.29, 0.717) is 5.69 Å². The molecule has 0 saturated heterocycles. The van der Waals surface area contributed by atoms with Gasteiger partial charge in [-0.05, 0) is 30.3 Å². The number of hydrogen-bond acceptors (Lipinski definition) is 4. The third-order valence-corrected chi connectivity index (χ3v) is 3.85. The lowest BCUT2D eigenvalue weighted by Crippen LogP contribution is -2.13. The van der Waals surface area contributed by atoms with Crippen molar-refractivity contribution < 1.29 is 22.8 Å². The lowest BCUT2D eigenvalue weighted by atomic mass is 10.1. The van der Waals surface area contributed by atoms with E-state index in [1.165, 1.54) is 18.2 Å². The quantitative estimate of drug-likeness (QED) is 0.418. The molecule has 0 aliphatic heterocycles. The largest absolute Gasteiger partial charge is 0.454 e. The third-order valence-electron chi connectivity index (χ3n) is 3.85. The van der Waals surface area contributed by atoms with Crippen LogP contribution in [-0.4, -0.2) is 14.6 Å². The Kier molecular flexibility index (Phi) is 3.28. The highest BCUT2D eigenvalue weighted by Crippen LogP contribution is 2.34. The minimum atomic E-state index is -4.60. The SMILES string of the molecule is ON=c1cc(-c2cc3cccn3cn2)oc2cccc(C(F)(F)F)c12. The minimum Gasteiger partial charge on any atom is -0.454 e. The molecule has 5 nitrogen and oxygen atoms in total. The first-order chi connectivity index (χ1) is 12.0. The number of halogens is 3. The van der Waals surface area contributed by atoms with Crippen molar-refractivity contribution in [2.45, 2.75) is 6.18 Å². The standard InChI is InChI=1S/C17H10F3N3O2/c18-17(19,20)11-4-1-5-14-16(11)13(22-24)8-15(25-14)12-7-10-3-2-6-23(10)9-21-12/h1-9,24H. The predicted molar refractivity (Wildman–Crippen MR) is 82.8 cm³/mol. The van der Waals surface area contributed by atoms with Crippen LogP contribution in [0, 0.1) is 0 Å². The molecule has 1 N–H and O–H groups in total. The number of fused-ring (bicyclic) bond motifs is 2. The van der Waals surface area contributed by atoms with Gasteiger partial charge in [0.25, 0.3) is 0 Å². The fourth-order valence-corrected chi connectivity index (χ4v) is 2.74. The molecule has 0 atom stereocenters. The van der Waals surface area contributed by atoms with Crippen molar-refractivity contribution in [2.24, 2.45) is 5.16 Å². The van der Waals surface area contributed by atoms with Crippen molar-refractivity contribution in [2.75, 3.05) is 0 Å². The number of aromatic nitrogens is 2. The number of rotatable bonds is 1. The predicted octanol–water partition coefficient (Wildman–Crippen LogP) is 4.06. The molecule has 0 spiro atoms. The summed E-state index contributed by atoms with van der Waals surface area (Å²) in [5.74, 6) is 0.198. The zero-order valence-electron chi connectivity index (χ0n) is 12.5. The zero-order valence-corrected chi connectivity index (χ0v) is 12.5.